The number of aromatic nitrogens is 2. The first-order chi connectivity index (χ1) is 6.86. The zero-order valence-corrected chi connectivity index (χ0v) is 8.36. The minimum Gasteiger partial charge on any atom is -0.478 e. The third-order valence-electron chi connectivity index (χ3n) is 1.66. The highest BCUT2D eigenvalue weighted by atomic mass is 16.5. The van der Waals surface area contributed by atoms with Crippen LogP contribution in [0.4, 0.5) is 5.95 Å². The predicted molar refractivity (Wildman–Crippen MR) is 56.5 cm³/mol. The summed E-state index contributed by atoms with van der Waals surface area (Å²) in [5.41, 5.74) is 0. The van der Waals surface area contributed by atoms with E-state index in [0.717, 1.165) is 12.8 Å². The molecule has 4 heteroatoms. The van der Waals surface area contributed by atoms with E-state index < -0.39 is 0 Å². The van der Waals surface area contributed by atoms with Crippen LogP contribution < -0.4 is 10.1 Å². The first kappa shape index (κ1) is 10.5. The van der Waals surface area contributed by atoms with E-state index in [-0.39, 0.29) is 0 Å². The van der Waals surface area contributed by atoms with Gasteiger partial charge in [0.2, 0.25) is 11.8 Å². The summed E-state index contributed by atoms with van der Waals surface area (Å²) >= 11 is 0. The van der Waals surface area contributed by atoms with Gasteiger partial charge >= 0.3 is 0 Å². The Labute approximate surface area is 84.0 Å². The van der Waals surface area contributed by atoms with E-state index in [1.165, 1.54) is 0 Å². The molecule has 0 saturated carbocycles. The topological polar surface area (TPSA) is 47.0 Å². The zero-order chi connectivity index (χ0) is 10.2. The molecule has 1 rings (SSSR count). The molecular formula is C10H15N3O. The predicted octanol–water partition coefficient (Wildman–Crippen LogP) is 1.86. The molecule has 0 saturated heterocycles. The van der Waals surface area contributed by atoms with Crippen molar-refractivity contribution in [1.29, 1.82) is 0 Å². The van der Waals surface area contributed by atoms with Crippen molar-refractivity contribution in [2.24, 2.45) is 0 Å². The molecule has 1 N–H and O–H groups in total. The molecule has 0 atom stereocenters. The summed E-state index contributed by atoms with van der Waals surface area (Å²) in [5, 5.41) is 2.85. The summed E-state index contributed by atoms with van der Waals surface area (Å²) in [6.45, 7) is 4.30. The van der Waals surface area contributed by atoms with Crippen LogP contribution in [-0.4, -0.2) is 23.6 Å². The van der Waals surface area contributed by atoms with Crippen LogP contribution >= 0.6 is 0 Å². The molecule has 1 aromatic heterocycles. The number of hydrogen-bond acceptors (Lipinski definition) is 4. The molecule has 0 aliphatic rings. The highest BCUT2D eigenvalue weighted by molar-refractivity contribution is 5.25. The summed E-state index contributed by atoms with van der Waals surface area (Å²) < 4.78 is 5.41. The molecule has 14 heavy (non-hydrogen) atoms. The van der Waals surface area contributed by atoms with Crippen molar-refractivity contribution in [2.45, 2.75) is 12.8 Å². The van der Waals surface area contributed by atoms with E-state index >= 15 is 0 Å². The number of unbranched alkanes of at least 4 members (excludes halogenated alkanes) is 1. The lowest BCUT2D eigenvalue weighted by Gasteiger charge is -2.04. The first-order valence-electron chi connectivity index (χ1n) is 4.61. The maximum Gasteiger partial charge on any atom is 0.225 e. The van der Waals surface area contributed by atoms with Crippen LogP contribution in [0.2, 0.25) is 0 Å². The van der Waals surface area contributed by atoms with Gasteiger partial charge in [0.25, 0.3) is 0 Å². The lowest BCUT2D eigenvalue weighted by atomic mass is 10.3. The average Bonchev–Trinajstić information content (AvgIpc) is 2.25. The molecule has 1 heterocycles. The number of rotatable bonds is 6. The van der Waals surface area contributed by atoms with E-state index in [9.17, 15) is 0 Å². The second kappa shape index (κ2) is 5.96. The van der Waals surface area contributed by atoms with Crippen molar-refractivity contribution < 1.29 is 4.74 Å². The Morgan fingerprint density at radius 1 is 1.64 bits per heavy atom. The van der Waals surface area contributed by atoms with Crippen LogP contribution in [0.25, 0.3) is 0 Å². The van der Waals surface area contributed by atoms with Crippen LogP contribution in [-0.2, 0) is 0 Å². The molecule has 0 aromatic carbocycles. The molecule has 0 spiro atoms. The average molecular weight is 193 g/mol. The van der Waals surface area contributed by atoms with Gasteiger partial charge < -0.3 is 10.1 Å². The molecule has 0 fully saturated rings. The Kier molecular flexibility index (Phi) is 4.47. The van der Waals surface area contributed by atoms with Crippen LogP contribution in [0.3, 0.4) is 0 Å². The Morgan fingerprint density at radius 3 is 3.21 bits per heavy atom. The van der Waals surface area contributed by atoms with Crippen LogP contribution in [0, 0.1) is 0 Å². The Hall–Kier alpha value is -1.58. The molecular weight excluding hydrogens is 178 g/mol. The highest BCUT2D eigenvalue weighted by Crippen LogP contribution is 2.08. The van der Waals surface area contributed by atoms with Gasteiger partial charge in [0.05, 0.1) is 6.61 Å². The maximum absolute atomic E-state index is 5.41. The SMILES string of the molecule is C=CCCCOc1ccnc(NC)n1. The quantitative estimate of drug-likeness (QED) is 0.553. The summed E-state index contributed by atoms with van der Waals surface area (Å²) in [6, 6.07) is 1.74. The first-order valence-corrected chi connectivity index (χ1v) is 4.61. The van der Waals surface area contributed by atoms with E-state index in [1.54, 1.807) is 19.3 Å². The summed E-state index contributed by atoms with van der Waals surface area (Å²) in [4.78, 5) is 8.10. The lowest BCUT2D eigenvalue weighted by molar-refractivity contribution is 0.300. The minimum absolute atomic E-state index is 0.575. The van der Waals surface area contributed by atoms with Crippen LogP contribution in [0.15, 0.2) is 24.9 Å². The number of nitrogens with zero attached hydrogens (tertiary/aromatic N) is 2. The van der Waals surface area contributed by atoms with Crippen molar-refractivity contribution >= 4 is 5.95 Å². The molecule has 4 nitrogen and oxygen atoms in total. The fourth-order valence-electron chi connectivity index (χ4n) is 0.947. The second-order valence-corrected chi connectivity index (χ2v) is 2.75. The van der Waals surface area contributed by atoms with Crippen molar-refractivity contribution in [1.82, 2.24) is 9.97 Å². The van der Waals surface area contributed by atoms with Gasteiger partial charge in [-0.2, -0.15) is 4.98 Å². The highest BCUT2D eigenvalue weighted by Gasteiger charge is 1.96. The van der Waals surface area contributed by atoms with Crippen molar-refractivity contribution in [2.75, 3.05) is 19.0 Å². The monoisotopic (exact) mass is 193 g/mol. The molecule has 0 bridgehead atoms. The van der Waals surface area contributed by atoms with E-state index in [0.29, 0.717) is 18.4 Å². The third-order valence-corrected chi connectivity index (χ3v) is 1.66. The van der Waals surface area contributed by atoms with Crippen LogP contribution in [0.1, 0.15) is 12.8 Å². The van der Waals surface area contributed by atoms with E-state index in [2.05, 4.69) is 21.9 Å². The third kappa shape index (κ3) is 3.43. The lowest BCUT2D eigenvalue weighted by Crippen LogP contribution is -2.01. The van der Waals surface area contributed by atoms with Gasteiger partial charge in [0, 0.05) is 19.3 Å². The van der Waals surface area contributed by atoms with Crippen LogP contribution in [0.5, 0.6) is 5.88 Å². The van der Waals surface area contributed by atoms with Gasteiger partial charge in [-0.05, 0) is 12.8 Å². The van der Waals surface area contributed by atoms with Gasteiger partial charge in [-0.15, -0.1) is 6.58 Å². The summed E-state index contributed by atoms with van der Waals surface area (Å²) in [6.07, 6.45) is 5.47. The summed E-state index contributed by atoms with van der Waals surface area (Å²) in [5.74, 6) is 1.18. The standard InChI is InChI=1S/C10H15N3O/c1-3-4-5-8-14-9-6-7-12-10(11-2)13-9/h3,6-7H,1,4-5,8H2,2H3,(H,11,12,13). The van der Waals surface area contributed by atoms with Gasteiger partial charge in [-0.3, -0.25) is 0 Å². The van der Waals surface area contributed by atoms with Gasteiger partial charge in [-0.1, -0.05) is 6.08 Å². The number of ether oxygens (including phenoxy) is 1. The number of nitrogens with one attached hydrogen (secondary N) is 1. The van der Waals surface area contributed by atoms with E-state index in [4.69, 9.17) is 4.74 Å². The largest absolute Gasteiger partial charge is 0.478 e. The maximum atomic E-state index is 5.41. The minimum atomic E-state index is 0.575. The molecule has 0 aliphatic carbocycles. The molecule has 0 unspecified atom stereocenters. The second-order valence-electron chi connectivity index (χ2n) is 2.75. The number of allylic oxidation sites excluding steroid dienone is 1. The van der Waals surface area contributed by atoms with Crippen molar-refractivity contribution in [3.05, 3.63) is 24.9 Å². The molecule has 0 amide bonds. The normalized spacial score (nSPS) is 9.50. The summed E-state index contributed by atoms with van der Waals surface area (Å²) in [7, 11) is 1.77. The molecule has 0 aliphatic heterocycles. The van der Waals surface area contributed by atoms with Gasteiger partial charge in [0.15, 0.2) is 0 Å². The number of anilines is 1. The molecule has 76 valence electrons. The van der Waals surface area contributed by atoms with Gasteiger partial charge in [0.1, 0.15) is 0 Å². The van der Waals surface area contributed by atoms with Gasteiger partial charge in [-0.25, -0.2) is 4.98 Å². The Morgan fingerprint density at radius 2 is 2.50 bits per heavy atom. The molecule has 0 radical (unpaired) electrons. The van der Waals surface area contributed by atoms with E-state index in [1.807, 2.05) is 6.08 Å². The van der Waals surface area contributed by atoms with Crippen molar-refractivity contribution in [3.63, 3.8) is 0 Å². The molecule has 1 aromatic rings. The fourth-order valence-corrected chi connectivity index (χ4v) is 0.947. The van der Waals surface area contributed by atoms with Crippen molar-refractivity contribution in [3.8, 4) is 5.88 Å². The zero-order valence-electron chi connectivity index (χ0n) is 8.36. The Bertz CT molecular complexity index is 288. The Balaban J connectivity index is 2.38. The fraction of sp³-hybridized carbons (Fsp3) is 0.400. The number of hydrogen-bond donors (Lipinski definition) is 1. The smallest absolute Gasteiger partial charge is 0.225 e.